The number of carbonyl (C=O) groups is 1. The van der Waals surface area contributed by atoms with E-state index in [1.165, 1.54) is 3.57 Å². The van der Waals surface area contributed by atoms with E-state index in [1.54, 1.807) is 0 Å². The van der Waals surface area contributed by atoms with Gasteiger partial charge in [-0.25, -0.2) is 0 Å². The summed E-state index contributed by atoms with van der Waals surface area (Å²) in [5, 5.41) is 2.96. The van der Waals surface area contributed by atoms with Crippen LogP contribution in [-0.2, 0) is 6.54 Å². The van der Waals surface area contributed by atoms with Crippen LogP contribution in [0.4, 0.5) is 0 Å². The molecular formula is C20H16INO. The van der Waals surface area contributed by atoms with Crippen molar-refractivity contribution < 1.29 is 4.79 Å². The Morgan fingerprint density at radius 1 is 0.826 bits per heavy atom. The van der Waals surface area contributed by atoms with Gasteiger partial charge >= 0.3 is 0 Å². The zero-order valence-electron chi connectivity index (χ0n) is 12.5. The Labute approximate surface area is 149 Å². The van der Waals surface area contributed by atoms with E-state index in [4.69, 9.17) is 0 Å². The number of nitrogens with one attached hydrogen (secondary N) is 1. The van der Waals surface area contributed by atoms with Gasteiger partial charge in [0.15, 0.2) is 0 Å². The minimum absolute atomic E-state index is 0.0523. The van der Waals surface area contributed by atoms with Crippen LogP contribution in [0.25, 0.3) is 11.1 Å². The number of hydrogen-bond donors (Lipinski definition) is 1. The number of halogens is 1. The Morgan fingerprint density at radius 3 is 2.22 bits per heavy atom. The summed E-state index contributed by atoms with van der Waals surface area (Å²) < 4.78 is 1.17. The molecule has 1 amide bonds. The van der Waals surface area contributed by atoms with Gasteiger partial charge in [-0.05, 0) is 63.5 Å². The highest BCUT2D eigenvalue weighted by molar-refractivity contribution is 14.1. The van der Waals surface area contributed by atoms with E-state index in [0.717, 1.165) is 16.7 Å². The molecule has 3 rings (SSSR count). The number of amides is 1. The van der Waals surface area contributed by atoms with Crippen LogP contribution in [0.5, 0.6) is 0 Å². The lowest BCUT2D eigenvalue weighted by Crippen LogP contribution is -2.22. The molecule has 0 fully saturated rings. The number of rotatable bonds is 4. The summed E-state index contributed by atoms with van der Waals surface area (Å²) in [7, 11) is 0. The molecule has 3 aromatic rings. The van der Waals surface area contributed by atoms with Gasteiger partial charge in [0.05, 0.1) is 0 Å². The molecule has 0 spiro atoms. The molecule has 0 radical (unpaired) electrons. The first-order valence-electron chi connectivity index (χ1n) is 7.40. The first kappa shape index (κ1) is 15.7. The zero-order chi connectivity index (χ0) is 16.1. The molecule has 3 heteroatoms. The van der Waals surface area contributed by atoms with Crippen molar-refractivity contribution in [1.29, 1.82) is 0 Å². The smallest absolute Gasteiger partial charge is 0.251 e. The van der Waals surface area contributed by atoms with Gasteiger partial charge in [0.1, 0.15) is 0 Å². The summed E-state index contributed by atoms with van der Waals surface area (Å²) >= 11 is 2.27. The van der Waals surface area contributed by atoms with Gasteiger partial charge in [-0.3, -0.25) is 4.79 Å². The van der Waals surface area contributed by atoms with Gasteiger partial charge in [0.2, 0.25) is 0 Å². The first-order chi connectivity index (χ1) is 11.2. The third kappa shape index (κ3) is 4.20. The lowest BCUT2D eigenvalue weighted by atomic mass is 10.0. The van der Waals surface area contributed by atoms with Crippen molar-refractivity contribution in [3.05, 3.63) is 93.6 Å². The second-order valence-corrected chi connectivity index (χ2v) is 6.50. The van der Waals surface area contributed by atoms with Gasteiger partial charge in [-0.2, -0.15) is 0 Å². The van der Waals surface area contributed by atoms with Crippen molar-refractivity contribution in [2.24, 2.45) is 0 Å². The van der Waals surface area contributed by atoms with E-state index in [1.807, 2.05) is 60.7 Å². The van der Waals surface area contributed by atoms with Crippen molar-refractivity contribution >= 4 is 28.5 Å². The quantitative estimate of drug-likeness (QED) is 0.607. The highest BCUT2D eigenvalue weighted by Crippen LogP contribution is 2.19. The van der Waals surface area contributed by atoms with E-state index >= 15 is 0 Å². The average molecular weight is 413 g/mol. The van der Waals surface area contributed by atoms with E-state index in [-0.39, 0.29) is 5.91 Å². The second kappa shape index (κ2) is 7.42. The van der Waals surface area contributed by atoms with Gasteiger partial charge < -0.3 is 5.32 Å². The van der Waals surface area contributed by atoms with Crippen molar-refractivity contribution in [3.8, 4) is 11.1 Å². The predicted octanol–water partition coefficient (Wildman–Crippen LogP) is 4.89. The van der Waals surface area contributed by atoms with Crippen molar-refractivity contribution in [2.75, 3.05) is 0 Å². The fourth-order valence-electron chi connectivity index (χ4n) is 2.38. The van der Waals surface area contributed by atoms with Gasteiger partial charge in [0.25, 0.3) is 5.91 Å². The number of benzene rings is 3. The predicted molar refractivity (Wildman–Crippen MR) is 102 cm³/mol. The van der Waals surface area contributed by atoms with Gasteiger partial charge in [-0.1, -0.05) is 54.6 Å². The topological polar surface area (TPSA) is 29.1 Å². The molecule has 0 aromatic heterocycles. The van der Waals surface area contributed by atoms with E-state index in [0.29, 0.717) is 12.1 Å². The maximum Gasteiger partial charge on any atom is 0.251 e. The summed E-state index contributed by atoms with van der Waals surface area (Å²) in [6.45, 7) is 0.538. The van der Waals surface area contributed by atoms with Gasteiger partial charge in [-0.15, -0.1) is 0 Å². The van der Waals surface area contributed by atoms with Crippen LogP contribution < -0.4 is 5.32 Å². The number of carbonyl (C=O) groups excluding carboxylic acids is 1. The Kier molecular flexibility index (Phi) is 5.08. The fraction of sp³-hybridized carbons (Fsp3) is 0.0500. The van der Waals surface area contributed by atoms with Crippen LogP contribution in [0.15, 0.2) is 78.9 Å². The molecule has 3 aromatic carbocycles. The molecular weight excluding hydrogens is 397 g/mol. The average Bonchev–Trinajstić information content (AvgIpc) is 2.61. The Morgan fingerprint density at radius 2 is 1.52 bits per heavy atom. The lowest BCUT2D eigenvalue weighted by Gasteiger charge is -2.07. The summed E-state index contributed by atoms with van der Waals surface area (Å²) in [6, 6.07) is 26.0. The summed E-state index contributed by atoms with van der Waals surface area (Å²) in [5.74, 6) is -0.0523. The molecule has 0 saturated carbocycles. The Hall–Kier alpha value is -2.14. The van der Waals surface area contributed by atoms with Crippen LogP contribution in [0.1, 0.15) is 15.9 Å². The van der Waals surface area contributed by atoms with E-state index < -0.39 is 0 Å². The summed E-state index contributed by atoms with van der Waals surface area (Å²) in [6.07, 6.45) is 0. The maximum atomic E-state index is 12.2. The van der Waals surface area contributed by atoms with Crippen LogP contribution in [0.3, 0.4) is 0 Å². The lowest BCUT2D eigenvalue weighted by molar-refractivity contribution is 0.0951. The highest BCUT2D eigenvalue weighted by Gasteiger charge is 2.06. The van der Waals surface area contributed by atoms with Crippen molar-refractivity contribution in [3.63, 3.8) is 0 Å². The monoisotopic (exact) mass is 413 g/mol. The summed E-state index contributed by atoms with van der Waals surface area (Å²) in [4.78, 5) is 12.2. The van der Waals surface area contributed by atoms with Crippen LogP contribution >= 0.6 is 22.6 Å². The second-order valence-electron chi connectivity index (χ2n) is 5.26. The Bertz CT molecular complexity index is 797. The van der Waals surface area contributed by atoms with Crippen LogP contribution in [0, 0.1) is 3.57 Å². The minimum Gasteiger partial charge on any atom is -0.348 e. The molecule has 0 atom stereocenters. The number of hydrogen-bond acceptors (Lipinski definition) is 1. The third-order valence-electron chi connectivity index (χ3n) is 3.60. The molecule has 0 aliphatic heterocycles. The van der Waals surface area contributed by atoms with Crippen LogP contribution in [-0.4, -0.2) is 5.91 Å². The molecule has 114 valence electrons. The molecule has 23 heavy (non-hydrogen) atoms. The Balaban J connectivity index is 1.66. The first-order valence-corrected chi connectivity index (χ1v) is 8.48. The molecule has 0 aliphatic rings. The van der Waals surface area contributed by atoms with Gasteiger partial charge in [0, 0.05) is 15.7 Å². The molecule has 0 saturated heterocycles. The molecule has 1 N–H and O–H groups in total. The third-order valence-corrected chi connectivity index (χ3v) is 4.27. The SMILES string of the molecule is O=C(NCc1cccc(I)c1)c1ccc(-c2ccccc2)cc1. The molecule has 0 unspecified atom stereocenters. The normalized spacial score (nSPS) is 10.3. The summed E-state index contributed by atoms with van der Waals surface area (Å²) in [5.41, 5.74) is 4.04. The highest BCUT2D eigenvalue weighted by atomic mass is 127. The van der Waals surface area contributed by atoms with Crippen molar-refractivity contribution in [2.45, 2.75) is 6.54 Å². The largest absolute Gasteiger partial charge is 0.348 e. The fourth-order valence-corrected chi connectivity index (χ4v) is 2.98. The van der Waals surface area contributed by atoms with E-state index in [9.17, 15) is 4.79 Å². The standard InChI is InChI=1S/C20H16INO/c21-19-8-4-5-15(13-19)14-22-20(23)18-11-9-17(10-12-18)16-6-2-1-3-7-16/h1-13H,14H2,(H,22,23). The maximum absolute atomic E-state index is 12.2. The minimum atomic E-state index is -0.0523. The van der Waals surface area contributed by atoms with Crippen molar-refractivity contribution in [1.82, 2.24) is 5.32 Å². The van der Waals surface area contributed by atoms with E-state index in [2.05, 4.69) is 46.1 Å². The molecule has 0 bridgehead atoms. The molecule has 0 heterocycles. The molecule has 2 nitrogen and oxygen atoms in total. The zero-order valence-corrected chi connectivity index (χ0v) is 14.7. The molecule has 0 aliphatic carbocycles. The van der Waals surface area contributed by atoms with Crippen LogP contribution in [0.2, 0.25) is 0 Å².